The summed E-state index contributed by atoms with van der Waals surface area (Å²) in [5.41, 5.74) is 15.3. The van der Waals surface area contributed by atoms with Gasteiger partial charge >= 0.3 is 0 Å². The highest BCUT2D eigenvalue weighted by Crippen LogP contribution is 2.53. The predicted molar refractivity (Wildman–Crippen MR) is 232 cm³/mol. The molecule has 0 amide bonds. The smallest absolute Gasteiger partial charge is 0.143 e. The second-order valence-corrected chi connectivity index (χ2v) is 15.7. The topological polar surface area (TPSA) is 18.1 Å². The van der Waals surface area contributed by atoms with Crippen molar-refractivity contribution < 1.29 is 4.42 Å². The van der Waals surface area contributed by atoms with Crippen LogP contribution in [0.4, 0.5) is 0 Å². The van der Waals surface area contributed by atoms with Crippen molar-refractivity contribution in [1.29, 1.82) is 0 Å². The normalized spacial score (nSPS) is 13.4. The molecule has 55 heavy (non-hydrogen) atoms. The molecule has 0 saturated carbocycles. The molecule has 11 aromatic rings. The molecule has 0 radical (unpaired) electrons. The van der Waals surface area contributed by atoms with Crippen molar-refractivity contribution in [3.63, 3.8) is 0 Å². The third-order valence-corrected chi connectivity index (χ3v) is 12.4. The zero-order valence-electron chi connectivity index (χ0n) is 30.6. The van der Waals surface area contributed by atoms with E-state index in [4.69, 9.17) is 4.42 Å². The molecule has 1 aliphatic carbocycles. The summed E-state index contributed by atoms with van der Waals surface area (Å²) in [4.78, 5) is 0. The minimum atomic E-state index is -0.195. The van der Waals surface area contributed by atoms with Crippen LogP contribution in [0.1, 0.15) is 25.0 Å². The lowest BCUT2D eigenvalue weighted by Gasteiger charge is -2.22. The van der Waals surface area contributed by atoms with E-state index in [9.17, 15) is 0 Å². The summed E-state index contributed by atoms with van der Waals surface area (Å²) in [5.74, 6) is 0. The van der Waals surface area contributed by atoms with E-state index in [1.165, 1.54) is 98.6 Å². The number of hydrogen-bond acceptors (Lipinski definition) is 1. The van der Waals surface area contributed by atoms with E-state index in [1.54, 1.807) is 0 Å². The Bertz CT molecular complexity index is 3270. The van der Waals surface area contributed by atoms with Gasteiger partial charge in [-0.2, -0.15) is 0 Å². The summed E-state index contributed by atoms with van der Waals surface area (Å²) in [7, 11) is 0. The van der Waals surface area contributed by atoms with Gasteiger partial charge < -0.3 is 8.98 Å². The van der Waals surface area contributed by atoms with Crippen molar-refractivity contribution in [2.75, 3.05) is 0 Å². The van der Waals surface area contributed by atoms with Gasteiger partial charge in [0.2, 0.25) is 0 Å². The molecule has 2 heterocycles. The summed E-state index contributed by atoms with van der Waals surface area (Å²) in [6.45, 7) is 4.71. The molecule has 0 unspecified atom stereocenters. The highest BCUT2D eigenvalue weighted by Gasteiger charge is 2.38. The Labute approximate surface area is 318 Å². The summed E-state index contributed by atoms with van der Waals surface area (Å²) in [6.07, 6.45) is 0. The Balaban J connectivity index is 1.08. The van der Waals surface area contributed by atoms with Crippen molar-refractivity contribution in [2.24, 2.45) is 0 Å². The summed E-state index contributed by atoms with van der Waals surface area (Å²) < 4.78 is 9.07. The average molecular weight is 702 g/mol. The molecule has 258 valence electrons. The molecule has 9 aromatic carbocycles. The van der Waals surface area contributed by atoms with E-state index in [0.29, 0.717) is 0 Å². The van der Waals surface area contributed by atoms with Gasteiger partial charge in [0.05, 0.1) is 11.0 Å². The molecule has 0 atom stereocenters. The monoisotopic (exact) mass is 701 g/mol. The zero-order chi connectivity index (χ0) is 36.4. The van der Waals surface area contributed by atoms with E-state index >= 15 is 0 Å². The van der Waals surface area contributed by atoms with Gasteiger partial charge in [0.1, 0.15) is 11.2 Å². The highest BCUT2D eigenvalue weighted by atomic mass is 16.3. The lowest BCUT2D eigenvalue weighted by atomic mass is 9.82. The minimum absolute atomic E-state index is 0.195. The zero-order valence-corrected chi connectivity index (χ0v) is 30.6. The maximum atomic E-state index is 6.60. The SMILES string of the molecule is CC1(C)c2cc(-n3c4ccc(-c5ccc6ccccc6c5)cc4c4cc(-c5ccc6ccccc6c5)ccc43)ccc2-c2c1ccc1c2oc2ccccc21. The van der Waals surface area contributed by atoms with Gasteiger partial charge in [-0.3, -0.25) is 0 Å². The van der Waals surface area contributed by atoms with Crippen LogP contribution in [0.2, 0.25) is 0 Å². The predicted octanol–water partition coefficient (Wildman–Crippen LogP) is 14.6. The Morgan fingerprint density at radius 1 is 0.418 bits per heavy atom. The number of benzene rings is 9. The fraction of sp³-hybridized carbons (Fsp3) is 0.0566. The van der Waals surface area contributed by atoms with Gasteiger partial charge in [0.25, 0.3) is 0 Å². The van der Waals surface area contributed by atoms with Crippen molar-refractivity contribution in [3.05, 3.63) is 187 Å². The maximum absolute atomic E-state index is 6.60. The first kappa shape index (κ1) is 30.6. The van der Waals surface area contributed by atoms with Crippen molar-refractivity contribution in [1.82, 2.24) is 4.57 Å². The van der Waals surface area contributed by atoms with Crippen LogP contribution in [0, 0.1) is 0 Å². The van der Waals surface area contributed by atoms with E-state index in [0.717, 1.165) is 16.9 Å². The summed E-state index contributed by atoms with van der Waals surface area (Å²) >= 11 is 0. The van der Waals surface area contributed by atoms with Gasteiger partial charge in [0.15, 0.2) is 0 Å². The van der Waals surface area contributed by atoms with Crippen LogP contribution >= 0.6 is 0 Å². The van der Waals surface area contributed by atoms with Gasteiger partial charge in [-0.15, -0.1) is 0 Å². The average Bonchev–Trinajstić information content (AvgIpc) is 3.85. The van der Waals surface area contributed by atoms with Crippen molar-refractivity contribution in [2.45, 2.75) is 19.3 Å². The molecule has 0 spiro atoms. The number of furan rings is 1. The first-order valence-electron chi connectivity index (χ1n) is 19.2. The van der Waals surface area contributed by atoms with E-state index in [1.807, 2.05) is 0 Å². The number of para-hydroxylation sites is 1. The lowest BCUT2D eigenvalue weighted by molar-refractivity contribution is 0.653. The molecular formula is C53H35NO. The third kappa shape index (κ3) is 4.37. The molecule has 12 rings (SSSR count). The highest BCUT2D eigenvalue weighted by molar-refractivity contribution is 6.13. The Morgan fingerprint density at radius 3 is 1.64 bits per heavy atom. The maximum Gasteiger partial charge on any atom is 0.143 e. The van der Waals surface area contributed by atoms with Crippen LogP contribution in [-0.2, 0) is 5.41 Å². The van der Waals surface area contributed by atoms with Crippen LogP contribution in [0.3, 0.4) is 0 Å². The summed E-state index contributed by atoms with van der Waals surface area (Å²) in [6, 6.07) is 64.8. The first-order chi connectivity index (χ1) is 27.0. The molecule has 0 fully saturated rings. The van der Waals surface area contributed by atoms with Crippen LogP contribution in [0.25, 0.3) is 104 Å². The molecule has 0 bridgehead atoms. The largest absolute Gasteiger partial charge is 0.455 e. The Hall–Kier alpha value is -6.90. The number of hydrogen-bond donors (Lipinski definition) is 0. The molecule has 2 nitrogen and oxygen atoms in total. The van der Waals surface area contributed by atoms with Gasteiger partial charge in [-0.25, -0.2) is 0 Å². The number of nitrogens with zero attached hydrogens (tertiary/aromatic N) is 1. The van der Waals surface area contributed by atoms with Crippen molar-refractivity contribution in [3.8, 4) is 39.1 Å². The first-order valence-corrected chi connectivity index (χ1v) is 19.2. The van der Waals surface area contributed by atoms with Gasteiger partial charge in [-0.1, -0.05) is 135 Å². The van der Waals surface area contributed by atoms with Crippen molar-refractivity contribution >= 4 is 65.3 Å². The molecule has 0 N–H and O–H groups in total. The summed E-state index contributed by atoms with van der Waals surface area (Å²) in [5, 5.41) is 9.85. The van der Waals surface area contributed by atoms with Crippen LogP contribution in [-0.4, -0.2) is 4.57 Å². The Morgan fingerprint density at radius 2 is 0.982 bits per heavy atom. The molecule has 2 aromatic heterocycles. The lowest BCUT2D eigenvalue weighted by Crippen LogP contribution is -2.15. The van der Waals surface area contributed by atoms with Crippen LogP contribution in [0.5, 0.6) is 0 Å². The third-order valence-electron chi connectivity index (χ3n) is 12.4. The van der Waals surface area contributed by atoms with Crippen LogP contribution in [0.15, 0.2) is 180 Å². The fourth-order valence-corrected chi connectivity index (χ4v) is 9.53. The van der Waals surface area contributed by atoms with E-state index in [2.05, 4.69) is 194 Å². The fourth-order valence-electron chi connectivity index (χ4n) is 9.53. The quantitative estimate of drug-likeness (QED) is 0.179. The second kappa shape index (κ2) is 11.1. The van der Waals surface area contributed by atoms with Gasteiger partial charge in [-0.05, 0) is 115 Å². The number of aromatic nitrogens is 1. The standard InChI is InChI=1S/C53H35NO/c1-53(2)46-24-23-42-41-13-7-8-14-50(41)55-52(42)51(46)43-22-21-40(31-47(43)53)54-48-25-19-38(36-17-15-32-9-3-5-11-34(32)27-36)29-44(48)45-30-39(20-26-49(45)54)37-18-16-33-10-4-6-12-35(33)28-37/h3-31H,1-2H3. The van der Waals surface area contributed by atoms with Gasteiger partial charge in [0, 0.05) is 38.2 Å². The van der Waals surface area contributed by atoms with Crippen LogP contribution < -0.4 is 0 Å². The second-order valence-electron chi connectivity index (χ2n) is 15.7. The van der Waals surface area contributed by atoms with E-state index < -0.39 is 0 Å². The number of rotatable bonds is 3. The molecule has 0 aliphatic heterocycles. The molecule has 1 aliphatic rings. The minimum Gasteiger partial charge on any atom is -0.455 e. The number of fused-ring (bicyclic) bond motifs is 12. The molecular weight excluding hydrogens is 667 g/mol. The van der Waals surface area contributed by atoms with E-state index in [-0.39, 0.29) is 5.41 Å². The molecule has 0 saturated heterocycles. The Kier molecular flexibility index (Phi) is 6.15. The molecule has 2 heteroatoms.